The number of H-pyrrole nitrogens is 1. The SMILES string of the molecule is CS(=O)(=O)N1CC=C(c2cc3c(-c4cccc(-n5ccc6cc(C7CC7)cc(F)c6c5=O)c4CO)nc(N)nc3[nH]2)CC1. The number of aliphatic hydroxyl groups is 1. The summed E-state index contributed by atoms with van der Waals surface area (Å²) < 4.78 is 41.9. The lowest BCUT2D eigenvalue weighted by molar-refractivity contribution is 0.282. The van der Waals surface area contributed by atoms with Gasteiger partial charge in [0.05, 0.1) is 29.6 Å². The molecule has 43 heavy (non-hydrogen) atoms. The Morgan fingerprint density at radius 3 is 2.67 bits per heavy atom. The summed E-state index contributed by atoms with van der Waals surface area (Å²) in [6, 6.07) is 12.2. The minimum atomic E-state index is -3.29. The van der Waals surface area contributed by atoms with E-state index in [0.29, 0.717) is 57.8 Å². The van der Waals surface area contributed by atoms with Crippen LogP contribution in [0.15, 0.2) is 59.5 Å². The molecular weight excluding hydrogens is 571 g/mol. The number of benzene rings is 2. The molecule has 10 nitrogen and oxygen atoms in total. The largest absolute Gasteiger partial charge is 0.392 e. The molecular formula is C31H29FN6O4S. The molecule has 1 aliphatic heterocycles. The number of fused-ring (bicyclic) bond motifs is 2. The summed E-state index contributed by atoms with van der Waals surface area (Å²) in [6.45, 7) is 0.207. The van der Waals surface area contributed by atoms with Gasteiger partial charge in [0.1, 0.15) is 11.5 Å². The molecule has 1 aliphatic carbocycles. The van der Waals surface area contributed by atoms with Gasteiger partial charge in [-0.15, -0.1) is 0 Å². The molecule has 2 aromatic carbocycles. The number of aliphatic hydroxyl groups excluding tert-OH is 1. The highest BCUT2D eigenvalue weighted by molar-refractivity contribution is 7.88. The van der Waals surface area contributed by atoms with Crippen LogP contribution in [0.25, 0.3) is 44.3 Å². The second kappa shape index (κ2) is 10.1. The summed E-state index contributed by atoms with van der Waals surface area (Å²) in [5.41, 5.74) is 10.5. The molecule has 7 rings (SSSR count). The van der Waals surface area contributed by atoms with E-state index in [0.717, 1.165) is 29.7 Å². The summed E-state index contributed by atoms with van der Waals surface area (Å²) in [7, 11) is -3.29. The fourth-order valence-electron chi connectivity index (χ4n) is 5.98. The van der Waals surface area contributed by atoms with Gasteiger partial charge in [-0.25, -0.2) is 17.8 Å². The van der Waals surface area contributed by atoms with Gasteiger partial charge >= 0.3 is 0 Å². The van der Waals surface area contributed by atoms with E-state index in [4.69, 9.17) is 5.73 Å². The molecule has 3 aromatic heterocycles. The summed E-state index contributed by atoms with van der Waals surface area (Å²) >= 11 is 0. The third-order valence-electron chi connectivity index (χ3n) is 8.34. The lowest BCUT2D eigenvalue weighted by Gasteiger charge is -2.23. The molecule has 0 atom stereocenters. The Bertz CT molecular complexity index is 2150. The number of sulfonamides is 1. The van der Waals surface area contributed by atoms with Gasteiger partial charge in [-0.1, -0.05) is 24.3 Å². The topological polar surface area (TPSA) is 147 Å². The van der Waals surface area contributed by atoms with Crippen LogP contribution in [0.2, 0.25) is 0 Å². The number of hydrogen-bond acceptors (Lipinski definition) is 7. The average molecular weight is 601 g/mol. The van der Waals surface area contributed by atoms with Crippen LogP contribution < -0.4 is 11.3 Å². The summed E-state index contributed by atoms with van der Waals surface area (Å²) in [5, 5.41) is 11.8. The predicted octanol–water partition coefficient (Wildman–Crippen LogP) is 4.07. The molecule has 220 valence electrons. The lowest BCUT2D eigenvalue weighted by Crippen LogP contribution is -2.33. The van der Waals surface area contributed by atoms with Crippen LogP contribution in [-0.4, -0.2) is 56.7 Å². The van der Waals surface area contributed by atoms with Crippen LogP contribution in [0, 0.1) is 5.82 Å². The van der Waals surface area contributed by atoms with Crippen molar-refractivity contribution in [3.63, 3.8) is 0 Å². The van der Waals surface area contributed by atoms with E-state index in [1.807, 2.05) is 18.2 Å². The average Bonchev–Trinajstić information content (AvgIpc) is 3.75. The molecule has 0 saturated heterocycles. The van der Waals surface area contributed by atoms with Crippen molar-refractivity contribution >= 4 is 43.4 Å². The van der Waals surface area contributed by atoms with E-state index in [9.17, 15) is 18.3 Å². The van der Waals surface area contributed by atoms with Gasteiger partial charge in [0.25, 0.3) is 5.56 Å². The second-order valence-electron chi connectivity index (χ2n) is 11.2. The minimum absolute atomic E-state index is 0.000311. The predicted molar refractivity (Wildman–Crippen MR) is 164 cm³/mol. The van der Waals surface area contributed by atoms with Crippen molar-refractivity contribution in [1.29, 1.82) is 0 Å². The fraction of sp³-hybridized carbons (Fsp3) is 0.258. The molecule has 0 unspecified atom stereocenters. The van der Waals surface area contributed by atoms with Crippen LogP contribution in [0.1, 0.15) is 42.0 Å². The highest BCUT2D eigenvalue weighted by Crippen LogP contribution is 2.41. The smallest absolute Gasteiger partial charge is 0.265 e. The normalized spacial score (nSPS) is 16.2. The first kappa shape index (κ1) is 27.4. The molecule has 5 aromatic rings. The quantitative estimate of drug-likeness (QED) is 0.266. The first-order chi connectivity index (χ1) is 20.6. The Labute approximate surface area is 246 Å². The van der Waals surface area contributed by atoms with E-state index < -0.39 is 28.0 Å². The lowest BCUT2D eigenvalue weighted by atomic mass is 9.99. The van der Waals surface area contributed by atoms with E-state index in [1.54, 1.807) is 30.5 Å². The van der Waals surface area contributed by atoms with E-state index >= 15 is 4.39 Å². The maximum absolute atomic E-state index is 15.2. The standard InChI is InChI=1S/C31H29FN6O4S/c1-43(41,42)37-10-7-18(8-11-37)25-15-22-28(35-31(33)36-29(22)34-25)21-3-2-4-26(23(21)16-39)38-12-9-19-13-20(17-5-6-17)14-24(32)27(19)30(38)40/h2-4,7,9,12-15,17,39H,5-6,8,10-11,16H2,1H3,(H3,33,34,35,36). The fourth-order valence-corrected chi connectivity index (χ4v) is 6.75. The van der Waals surface area contributed by atoms with Crippen LogP contribution >= 0.6 is 0 Å². The first-order valence-corrected chi connectivity index (χ1v) is 15.9. The highest BCUT2D eigenvalue weighted by atomic mass is 32.2. The zero-order chi connectivity index (χ0) is 30.0. The third kappa shape index (κ3) is 4.81. The van der Waals surface area contributed by atoms with Gasteiger partial charge in [-0.3, -0.25) is 9.36 Å². The zero-order valence-electron chi connectivity index (χ0n) is 23.3. The van der Waals surface area contributed by atoms with Crippen LogP contribution in [0.5, 0.6) is 0 Å². The molecule has 0 bridgehead atoms. The number of hydrogen-bond donors (Lipinski definition) is 3. The number of aromatic nitrogens is 4. The Balaban J connectivity index is 1.34. The van der Waals surface area contributed by atoms with E-state index in [-0.39, 0.29) is 17.9 Å². The van der Waals surface area contributed by atoms with Gasteiger partial charge in [0, 0.05) is 41.5 Å². The van der Waals surface area contributed by atoms with Crippen molar-refractivity contribution < 1.29 is 17.9 Å². The summed E-state index contributed by atoms with van der Waals surface area (Å²) in [5.74, 6) is -0.189. The van der Waals surface area contributed by atoms with E-state index in [2.05, 4.69) is 15.0 Å². The van der Waals surface area contributed by atoms with E-state index in [1.165, 1.54) is 21.2 Å². The van der Waals surface area contributed by atoms with Crippen LogP contribution in [0.3, 0.4) is 0 Å². The minimum Gasteiger partial charge on any atom is -0.392 e. The van der Waals surface area contributed by atoms with Crippen LogP contribution in [-0.2, 0) is 16.6 Å². The molecule has 4 heterocycles. The summed E-state index contributed by atoms with van der Waals surface area (Å²) in [6.07, 6.45) is 7.23. The molecule has 0 radical (unpaired) electrons. The molecule has 4 N–H and O–H groups in total. The number of rotatable bonds is 6. The van der Waals surface area contributed by atoms with Gasteiger partial charge in [0.2, 0.25) is 16.0 Å². The van der Waals surface area contributed by atoms with Crippen molar-refractivity contribution in [3.8, 4) is 16.9 Å². The zero-order valence-corrected chi connectivity index (χ0v) is 24.2. The van der Waals surface area contributed by atoms with Crippen molar-refractivity contribution in [2.75, 3.05) is 25.1 Å². The number of nitrogen functional groups attached to an aromatic ring is 1. The molecule has 2 aliphatic rings. The number of aromatic amines is 1. The number of halogens is 1. The van der Waals surface area contributed by atoms with Gasteiger partial charge in [0.15, 0.2) is 0 Å². The number of nitrogens with two attached hydrogens (primary N) is 1. The van der Waals surface area contributed by atoms with Crippen molar-refractivity contribution in [3.05, 3.63) is 87.7 Å². The molecule has 0 spiro atoms. The maximum atomic E-state index is 15.2. The second-order valence-corrected chi connectivity index (χ2v) is 13.2. The van der Waals surface area contributed by atoms with Gasteiger partial charge < -0.3 is 15.8 Å². The third-order valence-corrected chi connectivity index (χ3v) is 9.61. The Morgan fingerprint density at radius 2 is 1.98 bits per heavy atom. The number of pyridine rings is 1. The Kier molecular flexibility index (Phi) is 6.45. The molecule has 0 amide bonds. The van der Waals surface area contributed by atoms with Crippen molar-refractivity contribution in [2.45, 2.75) is 31.8 Å². The Morgan fingerprint density at radius 1 is 1.16 bits per heavy atom. The van der Waals surface area contributed by atoms with Crippen molar-refractivity contribution in [2.24, 2.45) is 0 Å². The summed E-state index contributed by atoms with van der Waals surface area (Å²) in [4.78, 5) is 25.8. The first-order valence-electron chi connectivity index (χ1n) is 14.0. The molecule has 12 heteroatoms. The number of nitrogens with zero attached hydrogens (tertiary/aromatic N) is 4. The van der Waals surface area contributed by atoms with Crippen molar-refractivity contribution in [1.82, 2.24) is 23.8 Å². The van der Waals surface area contributed by atoms with Gasteiger partial charge in [-0.2, -0.15) is 9.29 Å². The monoisotopic (exact) mass is 600 g/mol. The molecule has 1 saturated carbocycles. The van der Waals surface area contributed by atoms with Crippen LogP contribution in [0.4, 0.5) is 10.3 Å². The highest BCUT2D eigenvalue weighted by Gasteiger charge is 2.26. The number of nitrogens with one attached hydrogen (secondary N) is 1. The maximum Gasteiger partial charge on any atom is 0.265 e. The Hall–Kier alpha value is -4.39. The molecule has 1 fully saturated rings. The number of anilines is 1. The van der Waals surface area contributed by atoms with Gasteiger partial charge in [-0.05, 0) is 66.0 Å².